The maximum atomic E-state index is 13.9. The number of aliphatic hydroxyl groups excluding tert-OH is 5. The smallest absolute Gasteiger partial charge is 0.317 e. The van der Waals surface area contributed by atoms with E-state index in [-0.39, 0.29) is 12.5 Å². The number of rotatable bonds is 16. The molecule has 13 heteroatoms. The highest BCUT2D eigenvalue weighted by molar-refractivity contribution is 6.31. The highest BCUT2D eigenvalue weighted by Crippen LogP contribution is 2.44. The molecule has 0 bridgehead atoms. The van der Waals surface area contributed by atoms with Crippen molar-refractivity contribution in [3.05, 3.63) is 58.6 Å². The van der Waals surface area contributed by atoms with Crippen LogP contribution in [0.4, 0.5) is 16.2 Å². The van der Waals surface area contributed by atoms with Crippen LogP contribution in [-0.4, -0.2) is 118 Å². The summed E-state index contributed by atoms with van der Waals surface area (Å²) in [6, 6.07) is 14.3. The van der Waals surface area contributed by atoms with Gasteiger partial charge in [0.1, 0.15) is 24.4 Å². The van der Waals surface area contributed by atoms with E-state index in [1.807, 2.05) is 29.2 Å². The number of amides is 3. The molecule has 12 nitrogen and oxygen atoms in total. The highest BCUT2D eigenvalue weighted by atomic mass is 35.5. The first-order chi connectivity index (χ1) is 22.5. The highest BCUT2D eigenvalue weighted by Gasteiger charge is 2.52. The first-order valence-electron chi connectivity index (χ1n) is 16.6. The fourth-order valence-electron chi connectivity index (χ4n) is 6.21. The van der Waals surface area contributed by atoms with E-state index in [9.17, 15) is 30.0 Å². The summed E-state index contributed by atoms with van der Waals surface area (Å²) in [4.78, 5) is 31.9. The third-order valence-electron chi connectivity index (χ3n) is 9.47. The number of para-hydroxylation sites is 2. The maximum Gasteiger partial charge on any atom is 0.317 e. The molecule has 47 heavy (non-hydrogen) atoms. The van der Waals surface area contributed by atoms with Crippen LogP contribution in [0, 0.1) is 0 Å². The lowest BCUT2D eigenvalue weighted by molar-refractivity contribution is -0.121. The van der Waals surface area contributed by atoms with Crippen LogP contribution in [0.5, 0.6) is 0 Å². The van der Waals surface area contributed by atoms with E-state index in [2.05, 4.69) is 33.7 Å². The molecule has 7 N–H and O–H groups in total. The van der Waals surface area contributed by atoms with E-state index in [0.717, 1.165) is 54.7 Å². The molecule has 0 aromatic heterocycles. The third kappa shape index (κ3) is 8.55. The van der Waals surface area contributed by atoms with E-state index in [4.69, 9.17) is 16.7 Å². The van der Waals surface area contributed by atoms with Crippen molar-refractivity contribution in [2.45, 2.75) is 87.5 Å². The Kier molecular flexibility index (Phi) is 11.7. The van der Waals surface area contributed by atoms with Crippen molar-refractivity contribution >= 4 is 34.9 Å². The first kappa shape index (κ1) is 35.3. The molecule has 2 aliphatic carbocycles. The Morgan fingerprint density at radius 2 is 1.70 bits per heavy atom. The minimum atomic E-state index is -1.75. The van der Waals surface area contributed by atoms with Gasteiger partial charge in [-0.25, -0.2) is 4.79 Å². The zero-order valence-electron chi connectivity index (χ0n) is 26.9. The number of carbonyl (C=O) groups excluding carboxylic acids is 2. The van der Waals surface area contributed by atoms with Gasteiger partial charge in [-0.15, -0.1) is 0 Å². The lowest BCUT2D eigenvalue weighted by Crippen LogP contribution is -2.53. The van der Waals surface area contributed by atoms with Gasteiger partial charge in [-0.1, -0.05) is 35.9 Å². The fourth-order valence-corrected chi connectivity index (χ4v) is 6.40. The van der Waals surface area contributed by atoms with Crippen molar-refractivity contribution in [1.82, 2.24) is 15.5 Å². The number of fused-ring (bicyclic) bond motifs is 1. The van der Waals surface area contributed by atoms with Gasteiger partial charge in [0.05, 0.1) is 30.1 Å². The average Bonchev–Trinajstić information content (AvgIpc) is 4.02. The normalized spacial score (nSPS) is 19.4. The Morgan fingerprint density at radius 1 is 1.00 bits per heavy atom. The van der Waals surface area contributed by atoms with Crippen molar-refractivity contribution in [3.8, 4) is 0 Å². The van der Waals surface area contributed by atoms with Crippen LogP contribution in [0.15, 0.2) is 42.5 Å². The van der Waals surface area contributed by atoms with Crippen molar-refractivity contribution in [2.24, 2.45) is 0 Å². The summed E-state index contributed by atoms with van der Waals surface area (Å²) in [5.74, 6) is 0.129. The molecule has 258 valence electrons. The van der Waals surface area contributed by atoms with Crippen LogP contribution in [0.25, 0.3) is 0 Å². The molecule has 0 spiro atoms. The summed E-state index contributed by atoms with van der Waals surface area (Å²) >= 11 is 6.57. The third-order valence-corrected chi connectivity index (χ3v) is 9.84. The standard InChI is InChI=1S/C34H48ClN5O7/c1-38(20-28(42)30(44)31(45)29(43)21-41)33(47)36-15-5-4-6-22-9-12-25(35)23(18-22)19-37-34(13-14-34)32(46)40-17-16-39(24-10-11-24)26-7-2-3-8-27(26)40/h2-3,7-9,12,18,24,28-31,37,41-45H,4-6,10-11,13-17,19-21H2,1H3,(H,36,47)/t28-,29+,30+,31+/m0/s1. The largest absolute Gasteiger partial charge is 0.394 e. The Bertz CT molecular complexity index is 1390. The molecule has 2 fully saturated rings. The minimum Gasteiger partial charge on any atom is -0.394 e. The summed E-state index contributed by atoms with van der Waals surface area (Å²) < 4.78 is 0. The summed E-state index contributed by atoms with van der Waals surface area (Å²) in [7, 11) is 1.44. The number of benzene rings is 2. The molecule has 2 saturated carbocycles. The number of likely N-dealkylation sites (N-methyl/N-ethyl adjacent to an activating group) is 1. The van der Waals surface area contributed by atoms with Crippen LogP contribution in [-0.2, 0) is 17.8 Å². The van der Waals surface area contributed by atoms with Gasteiger partial charge in [0.2, 0.25) is 5.91 Å². The zero-order valence-corrected chi connectivity index (χ0v) is 27.6. The molecule has 0 unspecified atom stereocenters. The predicted octanol–water partition coefficient (Wildman–Crippen LogP) is 1.38. The number of hydrogen-bond donors (Lipinski definition) is 7. The topological polar surface area (TPSA) is 169 Å². The zero-order chi connectivity index (χ0) is 33.7. The number of carbonyl (C=O) groups is 2. The maximum absolute atomic E-state index is 13.9. The molecule has 0 radical (unpaired) electrons. The van der Waals surface area contributed by atoms with Crippen LogP contribution in [0.1, 0.15) is 49.7 Å². The minimum absolute atomic E-state index is 0.129. The van der Waals surface area contributed by atoms with Gasteiger partial charge in [-0.2, -0.15) is 0 Å². The molecule has 3 amide bonds. The molecule has 1 heterocycles. The van der Waals surface area contributed by atoms with Crippen LogP contribution in [0.2, 0.25) is 5.02 Å². The van der Waals surface area contributed by atoms with Gasteiger partial charge in [0, 0.05) is 44.3 Å². The number of aliphatic hydroxyl groups is 5. The predicted molar refractivity (Wildman–Crippen MR) is 179 cm³/mol. The lowest BCUT2D eigenvalue weighted by atomic mass is 10.0. The molecular weight excluding hydrogens is 626 g/mol. The van der Waals surface area contributed by atoms with E-state index < -0.39 is 42.6 Å². The van der Waals surface area contributed by atoms with Gasteiger partial charge >= 0.3 is 6.03 Å². The number of nitrogens with zero attached hydrogens (tertiary/aromatic N) is 3. The van der Waals surface area contributed by atoms with Gasteiger partial charge < -0.3 is 45.5 Å². The van der Waals surface area contributed by atoms with Gasteiger partial charge in [0.15, 0.2) is 0 Å². The molecule has 0 saturated heterocycles. The second-order valence-corrected chi connectivity index (χ2v) is 13.5. The van der Waals surface area contributed by atoms with E-state index >= 15 is 0 Å². The Hall–Kier alpha value is -2.97. The number of urea groups is 1. The molecule has 3 aliphatic rings. The summed E-state index contributed by atoms with van der Waals surface area (Å²) in [5.41, 5.74) is 3.62. The first-order valence-corrected chi connectivity index (χ1v) is 16.9. The van der Waals surface area contributed by atoms with Gasteiger partial charge in [-0.3, -0.25) is 10.1 Å². The van der Waals surface area contributed by atoms with Crippen molar-refractivity contribution in [2.75, 3.05) is 49.6 Å². The second kappa shape index (κ2) is 15.5. The Morgan fingerprint density at radius 3 is 2.38 bits per heavy atom. The van der Waals surface area contributed by atoms with Crippen molar-refractivity contribution in [3.63, 3.8) is 0 Å². The number of halogens is 1. The second-order valence-electron chi connectivity index (χ2n) is 13.1. The average molecular weight is 674 g/mol. The summed E-state index contributed by atoms with van der Waals surface area (Å²) in [5, 5.41) is 55.2. The van der Waals surface area contributed by atoms with Crippen molar-refractivity contribution in [1.29, 1.82) is 0 Å². The Labute approximate surface area is 280 Å². The molecule has 2 aromatic rings. The number of hydrogen-bond acceptors (Lipinski definition) is 9. The van der Waals surface area contributed by atoms with Gasteiger partial charge in [0.25, 0.3) is 0 Å². The quantitative estimate of drug-likeness (QED) is 0.130. The monoisotopic (exact) mass is 673 g/mol. The SMILES string of the molecule is CN(C[C@H](O)[C@@H](O)[C@H](O)[C@H](O)CO)C(=O)NCCCCc1ccc(Cl)c(CNC2(C(=O)N3CCN(C4CC4)c4ccccc43)CC2)c1. The molecule has 4 atom stereocenters. The fraction of sp³-hybridized carbons (Fsp3) is 0.588. The summed E-state index contributed by atoms with van der Waals surface area (Å²) in [6.07, 6.45) is -0.283. The lowest BCUT2D eigenvalue weighted by Gasteiger charge is -2.39. The van der Waals surface area contributed by atoms with Crippen LogP contribution in [0.3, 0.4) is 0 Å². The molecule has 5 rings (SSSR count). The number of nitrogens with one attached hydrogen (secondary N) is 2. The van der Waals surface area contributed by atoms with Crippen molar-refractivity contribution < 1.29 is 35.1 Å². The number of anilines is 2. The van der Waals surface area contributed by atoms with Gasteiger partial charge in [-0.05, 0) is 74.3 Å². The number of unbranched alkanes of at least 4 members (excludes halogenated alkanes) is 1. The van der Waals surface area contributed by atoms with Crippen LogP contribution < -0.4 is 20.4 Å². The number of aryl methyl sites for hydroxylation is 1. The van der Waals surface area contributed by atoms with E-state index in [1.165, 1.54) is 24.8 Å². The molecule has 2 aromatic carbocycles. The van der Waals surface area contributed by atoms with E-state index in [1.54, 1.807) is 0 Å². The Balaban J connectivity index is 1.06. The van der Waals surface area contributed by atoms with E-state index in [0.29, 0.717) is 37.1 Å². The molecule has 1 aliphatic heterocycles. The van der Waals surface area contributed by atoms with Crippen LogP contribution >= 0.6 is 11.6 Å². The molecular formula is C34H48ClN5O7. The summed E-state index contributed by atoms with van der Waals surface area (Å²) in [6.45, 7) is 1.38.